The second-order valence-corrected chi connectivity index (χ2v) is 9.64. The zero-order valence-electron chi connectivity index (χ0n) is 22.2. The number of allylic oxidation sites excluding steroid dienone is 2. The van der Waals surface area contributed by atoms with E-state index in [2.05, 4.69) is 4.99 Å². The summed E-state index contributed by atoms with van der Waals surface area (Å²) in [5.41, 5.74) is 16.2. The first-order valence-electron chi connectivity index (χ1n) is 13.3. The average molecular weight is 547 g/mol. The van der Waals surface area contributed by atoms with Gasteiger partial charge < -0.3 is 42.0 Å². The van der Waals surface area contributed by atoms with E-state index in [0.717, 1.165) is 0 Å². The summed E-state index contributed by atoms with van der Waals surface area (Å²) in [6.45, 7) is 0.416. The van der Waals surface area contributed by atoms with Crippen molar-refractivity contribution in [2.24, 2.45) is 34.0 Å². The number of carbonyl (C=O) groups excluding carboxylic acids is 2. The number of unbranched alkanes of at least 4 members (excludes halogenated alkanes) is 1. The number of rotatable bonds is 16. The number of hydrogen-bond acceptors (Lipinski definition) is 9. The van der Waals surface area contributed by atoms with Crippen LogP contribution in [0.5, 0.6) is 5.75 Å². The largest absolute Gasteiger partial charge is 0.491 e. The third-order valence-corrected chi connectivity index (χ3v) is 6.45. The number of aliphatic imine (C=N–C) groups is 1. The van der Waals surface area contributed by atoms with E-state index in [9.17, 15) is 24.9 Å². The number of esters is 2. The van der Waals surface area contributed by atoms with Crippen molar-refractivity contribution in [3.8, 4) is 5.75 Å². The number of para-hydroxylation sites is 1. The van der Waals surface area contributed by atoms with Gasteiger partial charge in [0.1, 0.15) is 24.5 Å². The lowest BCUT2D eigenvalue weighted by Crippen LogP contribution is -2.34. The number of nitrogens with zero attached hydrogens (tertiary/aromatic N) is 1. The molecule has 11 heteroatoms. The molecular weight excluding hydrogens is 504 g/mol. The SMILES string of the molecule is NC(N)=NCCC[C@H](N)C(=O)OC(=O)CCCC=CC[C@@H]1[C@@H](C=C[C@@H](O)COc2ccccc2)[C@H](O)C[C@@H]1O. The van der Waals surface area contributed by atoms with Crippen LogP contribution in [-0.4, -0.2) is 70.7 Å². The Labute approximate surface area is 229 Å². The maximum atomic E-state index is 11.9. The maximum Gasteiger partial charge on any atom is 0.330 e. The second kappa shape index (κ2) is 17.4. The smallest absolute Gasteiger partial charge is 0.330 e. The van der Waals surface area contributed by atoms with Crippen LogP contribution in [0, 0.1) is 11.8 Å². The van der Waals surface area contributed by atoms with Crippen molar-refractivity contribution >= 4 is 17.9 Å². The minimum atomic E-state index is -0.921. The first-order valence-corrected chi connectivity index (χ1v) is 13.3. The van der Waals surface area contributed by atoms with Gasteiger partial charge in [-0.2, -0.15) is 0 Å². The molecule has 1 aromatic rings. The Morgan fingerprint density at radius 2 is 1.85 bits per heavy atom. The molecule has 0 saturated heterocycles. The summed E-state index contributed by atoms with van der Waals surface area (Å²) in [6.07, 6.45) is 7.62. The minimum absolute atomic E-state index is 0.0374. The molecule has 39 heavy (non-hydrogen) atoms. The summed E-state index contributed by atoms with van der Waals surface area (Å²) in [7, 11) is 0. The summed E-state index contributed by atoms with van der Waals surface area (Å²) < 4.78 is 10.3. The molecular formula is C28H42N4O7. The van der Waals surface area contributed by atoms with Gasteiger partial charge in [0, 0.05) is 25.3 Å². The molecule has 0 unspecified atom stereocenters. The highest BCUT2D eigenvalue weighted by atomic mass is 16.6. The quantitative estimate of drug-likeness (QED) is 0.0432. The van der Waals surface area contributed by atoms with E-state index < -0.39 is 36.3 Å². The van der Waals surface area contributed by atoms with Gasteiger partial charge in [0.05, 0.1) is 12.2 Å². The van der Waals surface area contributed by atoms with Crippen LogP contribution in [0.3, 0.4) is 0 Å². The van der Waals surface area contributed by atoms with Crippen LogP contribution in [0.15, 0.2) is 59.6 Å². The molecule has 0 amide bonds. The van der Waals surface area contributed by atoms with Crippen LogP contribution in [0.2, 0.25) is 0 Å². The molecule has 2 rings (SSSR count). The van der Waals surface area contributed by atoms with Crippen LogP contribution in [0.1, 0.15) is 44.9 Å². The van der Waals surface area contributed by atoms with E-state index in [0.29, 0.717) is 44.4 Å². The second-order valence-electron chi connectivity index (χ2n) is 9.64. The minimum Gasteiger partial charge on any atom is -0.491 e. The standard InChI is InChI=1S/C28H42N4O7/c29-23(12-8-16-32-28(30)31)27(37)39-26(36)13-7-2-1-6-11-21-22(25(35)17-24(21)34)15-14-19(33)18-38-20-9-4-3-5-10-20/h1,3-6,9-10,14-15,19,21-25,33-35H,2,7-8,11-13,16-18,29H2,(H4,30,31,32)/t19-,21-,22-,23+,24+,25-/m1/s1. The zero-order valence-corrected chi connectivity index (χ0v) is 22.2. The molecule has 6 atom stereocenters. The number of aliphatic hydroxyl groups is 3. The number of guanidine groups is 1. The lowest BCUT2D eigenvalue weighted by atomic mass is 9.89. The summed E-state index contributed by atoms with van der Waals surface area (Å²) in [5, 5.41) is 31.0. The van der Waals surface area contributed by atoms with Crippen molar-refractivity contribution in [1.82, 2.24) is 0 Å². The summed E-state index contributed by atoms with van der Waals surface area (Å²) in [5.74, 6) is -1.30. The van der Waals surface area contributed by atoms with Crippen molar-refractivity contribution in [2.75, 3.05) is 13.2 Å². The Morgan fingerprint density at radius 3 is 2.56 bits per heavy atom. The van der Waals surface area contributed by atoms with Gasteiger partial charge in [-0.05, 0) is 50.2 Å². The molecule has 0 heterocycles. The van der Waals surface area contributed by atoms with Gasteiger partial charge in [0.25, 0.3) is 0 Å². The van der Waals surface area contributed by atoms with Gasteiger partial charge in [-0.3, -0.25) is 9.79 Å². The van der Waals surface area contributed by atoms with E-state index in [1.807, 2.05) is 30.4 Å². The summed E-state index contributed by atoms with van der Waals surface area (Å²) in [4.78, 5) is 27.6. The zero-order chi connectivity index (χ0) is 28.6. The third-order valence-electron chi connectivity index (χ3n) is 6.45. The van der Waals surface area contributed by atoms with E-state index in [4.69, 9.17) is 26.7 Å². The fraction of sp³-hybridized carbons (Fsp3) is 0.536. The lowest BCUT2D eigenvalue weighted by Gasteiger charge is -2.19. The van der Waals surface area contributed by atoms with E-state index in [-0.39, 0.29) is 37.2 Å². The molecule has 0 bridgehead atoms. The van der Waals surface area contributed by atoms with E-state index in [1.165, 1.54) is 0 Å². The van der Waals surface area contributed by atoms with Gasteiger partial charge in [-0.25, -0.2) is 4.79 Å². The Kier molecular flexibility index (Phi) is 14.2. The van der Waals surface area contributed by atoms with Gasteiger partial charge in [0.15, 0.2) is 5.96 Å². The number of hydrogen-bond donors (Lipinski definition) is 6. The highest BCUT2D eigenvalue weighted by Crippen LogP contribution is 2.36. The molecule has 1 saturated carbocycles. The number of ether oxygens (including phenoxy) is 2. The Hall–Kier alpha value is -3.25. The predicted molar refractivity (Wildman–Crippen MR) is 147 cm³/mol. The molecule has 11 nitrogen and oxygen atoms in total. The van der Waals surface area contributed by atoms with Gasteiger partial charge in [-0.1, -0.05) is 42.5 Å². The first-order chi connectivity index (χ1) is 18.7. The van der Waals surface area contributed by atoms with Crippen LogP contribution in [-0.2, 0) is 14.3 Å². The average Bonchev–Trinajstić information content (AvgIpc) is 3.17. The van der Waals surface area contributed by atoms with Crippen molar-refractivity contribution < 1.29 is 34.4 Å². The Morgan fingerprint density at radius 1 is 1.10 bits per heavy atom. The molecule has 0 spiro atoms. The van der Waals surface area contributed by atoms with Crippen molar-refractivity contribution in [2.45, 2.75) is 69.3 Å². The van der Waals surface area contributed by atoms with Crippen molar-refractivity contribution in [3.63, 3.8) is 0 Å². The van der Waals surface area contributed by atoms with Gasteiger partial charge in [-0.15, -0.1) is 0 Å². The van der Waals surface area contributed by atoms with Crippen molar-refractivity contribution in [3.05, 3.63) is 54.6 Å². The van der Waals surface area contributed by atoms with Gasteiger partial charge >= 0.3 is 11.9 Å². The lowest BCUT2D eigenvalue weighted by molar-refractivity contribution is -0.160. The van der Waals surface area contributed by atoms with Gasteiger partial charge in [0.2, 0.25) is 0 Å². The van der Waals surface area contributed by atoms with Crippen molar-refractivity contribution in [1.29, 1.82) is 0 Å². The third kappa shape index (κ3) is 12.4. The van der Waals surface area contributed by atoms with Crippen LogP contribution in [0.4, 0.5) is 0 Å². The monoisotopic (exact) mass is 546 g/mol. The summed E-state index contributed by atoms with van der Waals surface area (Å²) in [6, 6.07) is 8.24. The molecule has 216 valence electrons. The van der Waals surface area contributed by atoms with Crippen LogP contribution < -0.4 is 21.9 Å². The highest BCUT2D eigenvalue weighted by molar-refractivity contribution is 5.88. The van der Waals surface area contributed by atoms with E-state index in [1.54, 1.807) is 24.3 Å². The molecule has 1 aliphatic carbocycles. The van der Waals surface area contributed by atoms with Crippen LogP contribution >= 0.6 is 0 Å². The first kappa shape index (κ1) is 32.0. The Balaban J connectivity index is 1.68. The number of benzene rings is 1. The normalized spacial score (nSPS) is 22.6. The molecule has 1 fully saturated rings. The molecule has 0 aliphatic heterocycles. The topological polar surface area (TPSA) is 204 Å². The van der Waals surface area contributed by atoms with E-state index >= 15 is 0 Å². The summed E-state index contributed by atoms with van der Waals surface area (Å²) >= 11 is 0. The number of carbonyl (C=O) groups is 2. The molecule has 0 aromatic heterocycles. The molecule has 9 N–H and O–H groups in total. The molecule has 0 radical (unpaired) electrons. The number of aliphatic hydroxyl groups excluding tert-OH is 3. The fourth-order valence-electron chi connectivity index (χ4n) is 4.33. The Bertz CT molecular complexity index is 966. The highest BCUT2D eigenvalue weighted by Gasteiger charge is 2.39. The maximum absolute atomic E-state index is 11.9. The molecule has 1 aliphatic rings. The fourth-order valence-corrected chi connectivity index (χ4v) is 4.33. The number of nitrogens with two attached hydrogens (primary N) is 3. The molecule has 1 aromatic carbocycles. The van der Waals surface area contributed by atoms with Crippen LogP contribution in [0.25, 0.3) is 0 Å². The predicted octanol–water partition coefficient (Wildman–Crippen LogP) is 0.908.